The summed E-state index contributed by atoms with van der Waals surface area (Å²) < 4.78 is 39.7. The van der Waals surface area contributed by atoms with Gasteiger partial charge in [-0.05, 0) is 51.2 Å². The van der Waals surface area contributed by atoms with Crippen LogP contribution in [-0.4, -0.2) is 79.4 Å². The van der Waals surface area contributed by atoms with Gasteiger partial charge in [0.25, 0.3) is 0 Å². The summed E-state index contributed by atoms with van der Waals surface area (Å²) in [5.74, 6) is 0.0576. The summed E-state index contributed by atoms with van der Waals surface area (Å²) >= 11 is 0. The fraction of sp³-hybridized carbons (Fsp3) is 0.692. The minimum atomic E-state index is -3.51. The van der Waals surface area contributed by atoms with Gasteiger partial charge in [0.1, 0.15) is 5.60 Å². The zero-order valence-corrected chi connectivity index (χ0v) is 23.4. The summed E-state index contributed by atoms with van der Waals surface area (Å²) in [7, 11) is -1.86. The molecule has 2 saturated heterocycles. The highest BCUT2D eigenvalue weighted by atomic mass is 32.2. The van der Waals surface area contributed by atoms with Crippen LogP contribution in [0.25, 0.3) is 10.9 Å². The van der Waals surface area contributed by atoms with Crippen molar-refractivity contribution < 1.29 is 22.7 Å². The zero-order valence-electron chi connectivity index (χ0n) is 22.6. The second kappa shape index (κ2) is 9.52. The first kappa shape index (κ1) is 26.7. The summed E-state index contributed by atoms with van der Waals surface area (Å²) in [5.41, 5.74) is 0.854. The highest BCUT2D eigenvalue weighted by Gasteiger charge is 2.43. The number of hydrogen-bond donors (Lipinski definition) is 0. The predicted molar refractivity (Wildman–Crippen MR) is 140 cm³/mol. The van der Waals surface area contributed by atoms with Crippen LogP contribution in [0.2, 0.25) is 0 Å². The fourth-order valence-corrected chi connectivity index (χ4v) is 7.24. The van der Waals surface area contributed by atoms with Gasteiger partial charge in [-0.25, -0.2) is 13.2 Å². The van der Waals surface area contributed by atoms with Gasteiger partial charge in [0, 0.05) is 37.7 Å². The Kier molecular flexibility index (Phi) is 7.07. The van der Waals surface area contributed by atoms with E-state index in [1.54, 1.807) is 24.3 Å². The highest BCUT2D eigenvalue weighted by Crippen LogP contribution is 2.41. The lowest BCUT2D eigenvalue weighted by Crippen LogP contribution is -2.56. The first-order valence-corrected chi connectivity index (χ1v) is 14.3. The highest BCUT2D eigenvalue weighted by molar-refractivity contribution is 7.91. The number of nitrogens with zero attached hydrogens (tertiary/aromatic N) is 4. The van der Waals surface area contributed by atoms with Gasteiger partial charge in [-0.2, -0.15) is 5.10 Å². The van der Waals surface area contributed by atoms with Crippen LogP contribution in [0.1, 0.15) is 54.4 Å². The first-order valence-electron chi connectivity index (χ1n) is 12.7. The largest absolute Gasteiger partial charge is 0.444 e. The molecule has 2 fully saturated rings. The predicted octanol–water partition coefficient (Wildman–Crippen LogP) is 4.09. The van der Waals surface area contributed by atoms with E-state index in [2.05, 4.69) is 10.00 Å². The second-order valence-corrected chi connectivity index (χ2v) is 14.2. The quantitative estimate of drug-likeness (QED) is 0.566. The van der Waals surface area contributed by atoms with E-state index in [4.69, 9.17) is 9.47 Å². The molecule has 2 aliphatic rings. The Morgan fingerprint density at radius 1 is 1.08 bits per heavy atom. The molecule has 9 nitrogen and oxygen atoms in total. The van der Waals surface area contributed by atoms with Crippen molar-refractivity contribution in [2.45, 2.75) is 83.5 Å². The number of aromatic nitrogens is 2. The number of likely N-dealkylation sites (tertiary alicyclic amines) is 1. The van der Waals surface area contributed by atoms with E-state index in [0.717, 1.165) is 29.4 Å². The molecule has 2 aliphatic heterocycles. The number of carbonyl (C=O) groups is 1. The molecule has 2 bridgehead atoms. The third-order valence-corrected chi connectivity index (χ3v) is 8.79. The average molecular weight is 521 g/mol. The van der Waals surface area contributed by atoms with E-state index in [-0.39, 0.29) is 29.3 Å². The molecule has 2 atom stereocenters. The van der Waals surface area contributed by atoms with Crippen molar-refractivity contribution in [3.05, 3.63) is 18.3 Å². The number of hydrogen-bond acceptors (Lipinski definition) is 7. The molecule has 3 heterocycles. The molecule has 10 heteroatoms. The smallest absolute Gasteiger partial charge is 0.410 e. The maximum Gasteiger partial charge on any atom is 0.410 e. The molecule has 36 heavy (non-hydrogen) atoms. The fourth-order valence-electron chi connectivity index (χ4n) is 5.33. The Morgan fingerprint density at radius 3 is 2.28 bits per heavy atom. The minimum Gasteiger partial charge on any atom is -0.444 e. The summed E-state index contributed by atoms with van der Waals surface area (Å²) in [6.45, 7) is 13.6. The molecule has 0 spiro atoms. The van der Waals surface area contributed by atoms with E-state index in [9.17, 15) is 13.2 Å². The van der Waals surface area contributed by atoms with E-state index < -0.39 is 15.4 Å². The van der Waals surface area contributed by atoms with Gasteiger partial charge < -0.3 is 19.3 Å². The number of sulfone groups is 1. The topological polar surface area (TPSA) is 94.0 Å². The van der Waals surface area contributed by atoms with Crippen molar-refractivity contribution in [2.24, 2.45) is 5.41 Å². The molecule has 0 saturated carbocycles. The summed E-state index contributed by atoms with van der Waals surface area (Å²) in [5, 5.41) is 5.37. The number of fused-ring (bicyclic) bond motifs is 3. The summed E-state index contributed by atoms with van der Waals surface area (Å²) in [6, 6.07) is 3.72. The number of benzene rings is 1. The molecule has 1 aromatic carbocycles. The van der Waals surface area contributed by atoms with Crippen molar-refractivity contribution in [3.63, 3.8) is 0 Å². The molecule has 0 N–H and O–H groups in total. The van der Waals surface area contributed by atoms with Crippen molar-refractivity contribution in [2.75, 3.05) is 37.5 Å². The molecule has 200 valence electrons. The monoisotopic (exact) mass is 520 g/mol. The number of anilines is 1. The normalized spacial score (nSPS) is 20.9. The zero-order chi connectivity index (χ0) is 26.5. The minimum absolute atomic E-state index is 0.0576. The van der Waals surface area contributed by atoms with Crippen LogP contribution < -0.4 is 4.90 Å². The van der Waals surface area contributed by atoms with Gasteiger partial charge in [-0.3, -0.25) is 4.68 Å². The van der Waals surface area contributed by atoms with Gasteiger partial charge in [0.2, 0.25) is 0 Å². The lowest BCUT2D eigenvalue weighted by molar-refractivity contribution is 0.0209. The molecule has 2 unspecified atom stereocenters. The molecule has 2 aromatic rings. The Morgan fingerprint density at radius 2 is 1.72 bits per heavy atom. The van der Waals surface area contributed by atoms with E-state index in [0.29, 0.717) is 31.1 Å². The van der Waals surface area contributed by atoms with Gasteiger partial charge in [-0.1, -0.05) is 20.8 Å². The van der Waals surface area contributed by atoms with E-state index >= 15 is 0 Å². The molecule has 0 aliphatic carbocycles. The molecule has 1 amide bonds. The summed E-state index contributed by atoms with van der Waals surface area (Å²) in [4.78, 5) is 17.3. The van der Waals surface area contributed by atoms with Gasteiger partial charge >= 0.3 is 6.09 Å². The van der Waals surface area contributed by atoms with Crippen molar-refractivity contribution in [1.29, 1.82) is 0 Å². The number of piperazine rings is 1. The first-order chi connectivity index (χ1) is 16.7. The lowest BCUT2D eigenvalue weighted by atomic mass is 10.0. The van der Waals surface area contributed by atoms with Crippen LogP contribution in [0.5, 0.6) is 0 Å². The number of amides is 1. The number of ether oxygens (including phenoxy) is 2. The third-order valence-electron chi connectivity index (χ3n) is 6.59. The second-order valence-electron chi connectivity index (χ2n) is 12.2. The van der Waals surface area contributed by atoms with Crippen LogP contribution in [0.4, 0.5) is 10.5 Å². The SMILES string of the molecule is COCCn1ncc2cc(S(=O)(=O)CC(C)(C)C)cc(N3C4CCC3CN(C(=O)OC(C)(C)C)C4)c21. The Hall–Kier alpha value is -2.33. The van der Waals surface area contributed by atoms with Gasteiger partial charge in [-0.15, -0.1) is 0 Å². The molecular weight excluding hydrogens is 480 g/mol. The Balaban J connectivity index is 1.75. The van der Waals surface area contributed by atoms with Crippen LogP contribution in [0.3, 0.4) is 0 Å². The maximum atomic E-state index is 13.4. The van der Waals surface area contributed by atoms with Crippen LogP contribution in [0, 0.1) is 5.41 Å². The summed E-state index contributed by atoms with van der Waals surface area (Å²) in [6.07, 6.45) is 3.30. The molecule has 1 aromatic heterocycles. The Bertz CT molecular complexity index is 1210. The molecular formula is C26H40N4O5S. The Labute approximate surface area is 214 Å². The van der Waals surface area contributed by atoms with Gasteiger partial charge in [0.15, 0.2) is 9.84 Å². The average Bonchev–Trinajstić information content (AvgIpc) is 3.26. The van der Waals surface area contributed by atoms with E-state index in [1.165, 1.54) is 0 Å². The van der Waals surface area contributed by atoms with E-state index in [1.807, 2.05) is 52.3 Å². The standard InChI is InChI=1S/C26H40N4O5S/c1-25(2,3)17-36(32,33)21-12-18-14-27-29(10-11-34-7)23(18)22(13-21)30-19-8-9-20(30)16-28(15-19)24(31)35-26(4,5)6/h12-14,19-20H,8-11,15-17H2,1-7H3. The van der Waals surface area contributed by atoms with Crippen LogP contribution in [-0.2, 0) is 25.9 Å². The van der Waals surface area contributed by atoms with Crippen molar-refractivity contribution in [1.82, 2.24) is 14.7 Å². The van der Waals surface area contributed by atoms with Gasteiger partial charge in [0.05, 0.1) is 41.2 Å². The lowest BCUT2D eigenvalue weighted by Gasteiger charge is -2.43. The van der Waals surface area contributed by atoms with Crippen LogP contribution >= 0.6 is 0 Å². The maximum absolute atomic E-state index is 13.4. The number of methoxy groups -OCH3 is 1. The van der Waals surface area contributed by atoms with Crippen molar-refractivity contribution in [3.8, 4) is 0 Å². The molecule has 4 rings (SSSR count). The van der Waals surface area contributed by atoms with Crippen LogP contribution in [0.15, 0.2) is 23.2 Å². The van der Waals surface area contributed by atoms with Crippen molar-refractivity contribution >= 4 is 32.5 Å². The third kappa shape index (κ3) is 5.64. The number of carbonyl (C=O) groups excluding carboxylic acids is 1. The number of rotatable bonds is 6. The molecule has 0 radical (unpaired) electrons.